The van der Waals surface area contributed by atoms with Crippen LogP contribution in [0.15, 0.2) is 59.5 Å². The highest BCUT2D eigenvalue weighted by Crippen LogP contribution is 2.16. The summed E-state index contributed by atoms with van der Waals surface area (Å²) in [4.78, 5) is 12.0. The van der Waals surface area contributed by atoms with Crippen LogP contribution in [0.5, 0.6) is 0 Å². The highest BCUT2D eigenvalue weighted by atomic mass is 35.5. The SMILES string of the molecule is O=C(CS(=O)(=O)c1ccc(Cl)cc1)c1ccccc1. The van der Waals surface area contributed by atoms with Crippen molar-refractivity contribution in [2.45, 2.75) is 4.90 Å². The van der Waals surface area contributed by atoms with Gasteiger partial charge in [-0.3, -0.25) is 4.79 Å². The summed E-state index contributed by atoms with van der Waals surface area (Å²) < 4.78 is 24.1. The van der Waals surface area contributed by atoms with Crippen LogP contribution >= 0.6 is 11.6 Å². The number of sulfone groups is 1. The maximum Gasteiger partial charge on any atom is 0.185 e. The lowest BCUT2D eigenvalue weighted by Gasteiger charge is -2.04. The zero-order chi connectivity index (χ0) is 13.9. The first-order chi connectivity index (χ1) is 8.99. The van der Waals surface area contributed by atoms with Gasteiger partial charge in [-0.2, -0.15) is 0 Å². The Morgan fingerprint density at radius 2 is 1.53 bits per heavy atom. The van der Waals surface area contributed by atoms with Crippen molar-refractivity contribution in [1.29, 1.82) is 0 Å². The van der Waals surface area contributed by atoms with E-state index in [9.17, 15) is 13.2 Å². The fourth-order valence-electron chi connectivity index (χ4n) is 1.61. The Labute approximate surface area is 116 Å². The summed E-state index contributed by atoms with van der Waals surface area (Å²) in [6, 6.07) is 14.1. The second kappa shape index (κ2) is 5.55. The van der Waals surface area contributed by atoms with Gasteiger partial charge >= 0.3 is 0 Å². The highest BCUT2D eigenvalue weighted by molar-refractivity contribution is 7.92. The summed E-state index contributed by atoms with van der Waals surface area (Å²) in [5.41, 5.74) is 0.389. The van der Waals surface area contributed by atoms with E-state index < -0.39 is 21.4 Å². The van der Waals surface area contributed by atoms with Crippen molar-refractivity contribution in [3.05, 3.63) is 65.2 Å². The normalized spacial score (nSPS) is 11.2. The van der Waals surface area contributed by atoms with Crippen LogP contribution in [0.2, 0.25) is 5.02 Å². The molecule has 0 aliphatic heterocycles. The third kappa shape index (κ3) is 3.43. The van der Waals surface area contributed by atoms with Crippen LogP contribution in [0.3, 0.4) is 0 Å². The van der Waals surface area contributed by atoms with E-state index in [-0.39, 0.29) is 4.90 Å². The van der Waals surface area contributed by atoms with E-state index >= 15 is 0 Å². The maximum absolute atomic E-state index is 12.1. The first kappa shape index (κ1) is 13.8. The van der Waals surface area contributed by atoms with E-state index in [1.54, 1.807) is 30.3 Å². The third-order valence-electron chi connectivity index (χ3n) is 2.59. The molecule has 0 aliphatic carbocycles. The van der Waals surface area contributed by atoms with Gasteiger partial charge in [0.25, 0.3) is 0 Å². The molecule has 0 spiro atoms. The van der Waals surface area contributed by atoms with E-state index in [0.717, 1.165) is 0 Å². The zero-order valence-corrected chi connectivity index (χ0v) is 11.5. The molecule has 2 aromatic rings. The molecule has 19 heavy (non-hydrogen) atoms. The number of carbonyl (C=O) groups excluding carboxylic acids is 1. The second-order valence-corrected chi connectivity index (χ2v) is 6.43. The lowest BCUT2D eigenvalue weighted by atomic mass is 10.2. The molecule has 0 heterocycles. The molecular formula is C14H11ClO3S. The second-order valence-electron chi connectivity index (χ2n) is 4.00. The van der Waals surface area contributed by atoms with Crippen molar-refractivity contribution in [2.24, 2.45) is 0 Å². The third-order valence-corrected chi connectivity index (χ3v) is 4.47. The number of Topliss-reactive ketones (excluding diaryl/α,β-unsaturated/α-hetero) is 1. The summed E-state index contributed by atoms with van der Waals surface area (Å²) in [5, 5.41) is 0.452. The topological polar surface area (TPSA) is 51.2 Å². The van der Waals surface area contributed by atoms with Gasteiger partial charge in [0.05, 0.1) is 4.90 Å². The number of hydrogen-bond donors (Lipinski definition) is 0. The largest absolute Gasteiger partial charge is 0.293 e. The average Bonchev–Trinajstić information content (AvgIpc) is 2.40. The average molecular weight is 295 g/mol. The van der Waals surface area contributed by atoms with Crippen molar-refractivity contribution in [2.75, 3.05) is 5.75 Å². The summed E-state index contributed by atoms with van der Waals surface area (Å²) in [7, 11) is -3.63. The molecule has 98 valence electrons. The van der Waals surface area contributed by atoms with E-state index in [2.05, 4.69) is 0 Å². The van der Waals surface area contributed by atoms with Crippen molar-refractivity contribution in [3.8, 4) is 0 Å². The summed E-state index contributed by atoms with van der Waals surface area (Å²) >= 11 is 5.70. The molecule has 0 N–H and O–H groups in total. The fraction of sp³-hybridized carbons (Fsp3) is 0.0714. The van der Waals surface area contributed by atoms with Gasteiger partial charge in [0.15, 0.2) is 15.6 Å². The van der Waals surface area contributed by atoms with Crippen LogP contribution in [0, 0.1) is 0 Å². The van der Waals surface area contributed by atoms with Crippen molar-refractivity contribution in [3.63, 3.8) is 0 Å². The lowest BCUT2D eigenvalue weighted by molar-refractivity contribution is 0.102. The molecule has 0 unspecified atom stereocenters. The highest BCUT2D eigenvalue weighted by Gasteiger charge is 2.20. The summed E-state index contributed by atoms with van der Waals surface area (Å²) in [5.74, 6) is -0.964. The Morgan fingerprint density at radius 3 is 2.11 bits per heavy atom. The molecule has 5 heteroatoms. The predicted octanol–water partition coefficient (Wildman–Crippen LogP) is 3.00. The fourth-order valence-corrected chi connectivity index (χ4v) is 2.96. The predicted molar refractivity (Wildman–Crippen MR) is 74.3 cm³/mol. The van der Waals surface area contributed by atoms with Crippen molar-refractivity contribution >= 4 is 27.2 Å². The molecule has 0 radical (unpaired) electrons. The Morgan fingerprint density at radius 1 is 0.947 bits per heavy atom. The molecular weight excluding hydrogens is 284 g/mol. The van der Waals surface area contributed by atoms with Gasteiger partial charge in [0, 0.05) is 10.6 Å². The molecule has 2 rings (SSSR count). The number of rotatable bonds is 4. The first-order valence-corrected chi connectivity index (χ1v) is 7.59. The first-order valence-electron chi connectivity index (χ1n) is 5.55. The van der Waals surface area contributed by atoms with Gasteiger partial charge in [-0.05, 0) is 24.3 Å². The summed E-state index contributed by atoms with van der Waals surface area (Å²) in [6.45, 7) is 0. The standard InChI is InChI=1S/C14H11ClO3S/c15-12-6-8-13(9-7-12)19(17,18)10-14(16)11-4-2-1-3-5-11/h1-9H,10H2. The smallest absolute Gasteiger partial charge is 0.185 e. The van der Waals surface area contributed by atoms with Crippen LogP contribution in [-0.2, 0) is 9.84 Å². The molecule has 0 fully saturated rings. The van der Waals surface area contributed by atoms with Crippen molar-refractivity contribution in [1.82, 2.24) is 0 Å². The van der Waals surface area contributed by atoms with Gasteiger partial charge in [-0.1, -0.05) is 41.9 Å². The molecule has 2 aromatic carbocycles. The number of benzene rings is 2. The molecule has 0 bridgehead atoms. The van der Waals surface area contributed by atoms with Gasteiger partial charge < -0.3 is 0 Å². The number of ketones is 1. The lowest BCUT2D eigenvalue weighted by Crippen LogP contribution is -2.16. The number of hydrogen-bond acceptors (Lipinski definition) is 3. The van der Waals surface area contributed by atoms with Gasteiger partial charge in [0.2, 0.25) is 0 Å². The van der Waals surface area contributed by atoms with Gasteiger partial charge in [-0.25, -0.2) is 8.42 Å². The Hall–Kier alpha value is -1.65. The Kier molecular flexibility index (Phi) is 4.02. The van der Waals surface area contributed by atoms with Crippen molar-refractivity contribution < 1.29 is 13.2 Å². The minimum Gasteiger partial charge on any atom is -0.293 e. The molecule has 0 amide bonds. The molecule has 0 saturated carbocycles. The zero-order valence-electron chi connectivity index (χ0n) is 9.91. The number of halogens is 1. The molecule has 0 aliphatic rings. The van der Waals surface area contributed by atoms with Gasteiger partial charge in [0.1, 0.15) is 5.75 Å². The van der Waals surface area contributed by atoms with Crippen LogP contribution in [-0.4, -0.2) is 20.0 Å². The van der Waals surface area contributed by atoms with Crippen LogP contribution < -0.4 is 0 Å². The molecule has 0 saturated heterocycles. The molecule has 3 nitrogen and oxygen atoms in total. The quantitative estimate of drug-likeness (QED) is 0.815. The maximum atomic E-state index is 12.1. The molecule has 0 aromatic heterocycles. The minimum atomic E-state index is -3.63. The summed E-state index contributed by atoms with van der Waals surface area (Å²) in [6.07, 6.45) is 0. The van der Waals surface area contributed by atoms with E-state index in [1.807, 2.05) is 0 Å². The van der Waals surface area contributed by atoms with Gasteiger partial charge in [-0.15, -0.1) is 0 Å². The van der Waals surface area contributed by atoms with Crippen LogP contribution in [0.4, 0.5) is 0 Å². The monoisotopic (exact) mass is 294 g/mol. The minimum absolute atomic E-state index is 0.0983. The van der Waals surface area contributed by atoms with Crippen LogP contribution in [0.25, 0.3) is 0 Å². The molecule has 0 atom stereocenters. The van der Waals surface area contributed by atoms with E-state index in [1.165, 1.54) is 24.3 Å². The van der Waals surface area contributed by atoms with E-state index in [4.69, 9.17) is 11.6 Å². The Balaban J connectivity index is 2.23. The van der Waals surface area contributed by atoms with Crippen LogP contribution in [0.1, 0.15) is 10.4 Å². The van der Waals surface area contributed by atoms with E-state index in [0.29, 0.717) is 10.6 Å². The Bertz CT molecular complexity index is 676. The number of carbonyl (C=O) groups is 1.